The molecule has 4 heteroatoms. The van der Waals surface area contributed by atoms with Gasteiger partial charge < -0.3 is 5.11 Å². The second-order valence-corrected chi connectivity index (χ2v) is 5.18. The van der Waals surface area contributed by atoms with E-state index in [9.17, 15) is 4.79 Å². The summed E-state index contributed by atoms with van der Waals surface area (Å²) in [5, 5.41) is 12.1. The molecule has 1 heterocycles. The average Bonchev–Trinajstić information content (AvgIpc) is 2.64. The maximum absolute atomic E-state index is 10.8. The van der Waals surface area contributed by atoms with E-state index >= 15 is 0 Å². The van der Waals surface area contributed by atoms with Gasteiger partial charge in [-0.25, -0.2) is 0 Å². The smallest absolute Gasteiger partial charge is 0.321 e. The molecule has 0 radical (unpaired) electrons. The summed E-state index contributed by atoms with van der Waals surface area (Å²) in [5.41, 5.74) is 1.12. The molecule has 15 heavy (non-hydrogen) atoms. The lowest BCUT2D eigenvalue weighted by Crippen LogP contribution is -2.41. The predicted octanol–water partition coefficient (Wildman–Crippen LogP) is 1.65. The van der Waals surface area contributed by atoms with Crippen LogP contribution in [0.2, 0.25) is 0 Å². The molecule has 2 rings (SSSR count). The second kappa shape index (κ2) is 3.87. The third-order valence-electron chi connectivity index (χ3n) is 2.61. The lowest BCUT2D eigenvalue weighted by molar-refractivity contribution is -0.138. The number of nitrogens with one attached hydrogen (secondary N) is 1. The van der Waals surface area contributed by atoms with Gasteiger partial charge in [0, 0.05) is 5.75 Å². The first-order valence-electron chi connectivity index (χ1n) is 4.82. The van der Waals surface area contributed by atoms with Crippen LogP contribution in [0.4, 0.5) is 0 Å². The molecule has 0 saturated carbocycles. The average molecular weight is 223 g/mol. The van der Waals surface area contributed by atoms with E-state index in [1.165, 1.54) is 0 Å². The molecule has 80 valence electrons. The molecule has 1 aromatic rings. The Morgan fingerprint density at radius 3 is 2.73 bits per heavy atom. The van der Waals surface area contributed by atoms with E-state index in [1.54, 1.807) is 11.8 Å². The highest BCUT2D eigenvalue weighted by atomic mass is 32.2. The Balaban J connectivity index is 2.20. The maximum Gasteiger partial charge on any atom is 0.321 e. The lowest BCUT2D eigenvalue weighted by atomic mass is 10.1. The van der Waals surface area contributed by atoms with Gasteiger partial charge >= 0.3 is 5.97 Å². The number of hydrogen-bond donors (Lipinski definition) is 2. The molecule has 3 nitrogen and oxygen atoms in total. The van der Waals surface area contributed by atoms with Crippen LogP contribution in [0.15, 0.2) is 30.3 Å². The zero-order chi connectivity index (χ0) is 10.9. The van der Waals surface area contributed by atoms with E-state index in [-0.39, 0.29) is 4.87 Å². The first-order valence-corrected chi connectivity index (χ1v) is 5.80. The summed E-state index contributed by atoms with van der Waals surface area (Å²) < 4.78 is 0. The van der Waals surface area contributed by atoms with Crippen molar-refractivity contribution in [2.75, 3.05) is 5.75 Å². The Bertz CT molecular complexity index is 368. The van der Waals surface area contributed by atoms with E-state index in [0.29, 0.717) is 5.75 Å². The van der Waals surface area contributed by atoms with Gasteiger partial charge in [0.25, 0.3) is 0 Å². The largest absolute Gasteiger partial charge is 0.480 e. The topological polar surface area (TPSA) is 49.3 Å². The third-order valence-corrected chi connectivity index (χ3v) is 4.04. The summed E-state index contributed by atoms with van der Waals surface area (Å²) in [6.45, 7) is 2.02. The zero-order valence-electron chi connectivity index (χ0n) is 8.43. The number of hydrogen-bond acceptors (Lipinski definition) is 3. The van der Waals surface area contributed by atoms with Gasteiger partial charge in [0.2, 0.25) is 0 Å². The number of carboxylic acid groups (broad SMARTS) is 1. The Morgan fingerprint density at radius 2 is 2.20 bits per heavy atom. The molecule has 1 saturated heterocycles. The minimum Gasteiger partial charge on any atom is -0.480 e. The Hall–Kier alpha value is -1.00. The Morgan fingerprint density at radius 1 is 1.53 bits per heavy atom. The van der Waals surface area contributed by atoms with E-state index in [0.717, 1.165) is 5.56 Å². The van der Waals surface area contributed by atoms with Crippen molar-refractivity contribution in [2.45, 2.75) is 17.8 Å². The molecule has 1 fully saturated rings. The number of carbonyl (C=O) groups is 1. The van der Waals surface area contributed by atoms with Gasteiger partial charge in [-0.15, -0.1) is 11.8 Å². The van der Waals surface area contributed by atoms with Gasteiger partial charge in [0.15, 0.2) is 0 Å². The molecular weight excluding hydrogens is 210 g/mol. The van der Waals surface area contributed by atoms with Crippen molar-refractivity contribution in [3.63, 3.8) is 0 Å². The van der Waals surface area contributed by atoms with E-state index in [2.05, 4.69) is 5.32 Å². The van der Waals surface area contributed by atoms with Gasteiger partial charge in [-0.3, -0.25) is 10.1 Å². The van der Waals surface area contributed by atoms with Crippen LogP contribution in [-0.2, 0) is 9.67 Å². The summed E-state index contributed by atoms with van der Waals surface area (Å²) in [4.78, 5) is 10.6. The Labute approximate surface area is 92.9 Å². The molecular formula is C11H13NO2S. The van der Waals surface area contributed by atoms with Crippen LogP contribution in [-0.4, -0.2) is 22.9 Å². The molecule has 0 spiro atoms. The van der Waals surface area contributed by atoms with Crippen molar-refractivity contribution >= 4 is 17.7 Å². The number of carboxylic acids is 1. The van der Waals surface area contributed by atoms with Crippen LogP contribution in [0.25, 0.3) is 0 Å². The number of rotatable bonds is 2. The predicted molar refractivity (Wildman–Crippen MR) is 60.8 cm³/mol. The fourth-order valence-electron chi connectivity index (χ4n) is 1.72. The zero-order valence-corrected chi connectivity index (χ0v) is 9.25. The van der Waals surface area contributed by atoms with Gasteiger partial charge in [-0.2, -0.15) is 0 Å². The van der Waals surface area contributed by atoms with Crippen molar-refractivity contribution < 1.29 is 9.90 Å². The molecule has 0 aliphatic carbocycles. The summed E-state index contributed by atoms with van der Waals surface area (Å²) in [6.07, 6.45) is 0. The van der Waals surface area contributed by atoms with Gasteiger partial charge in [0.05, 0.1) is 4.87 Å². The van der Waals surface area contributed by atoms with Gasteiger partial charge in [-0.05, 0) is 12.5 Å². The van der Waals surface area contributed by atoms with E-state index in [4.69, 9.17) is 5.11 Å². The van der Waals surface area contributed by atoms with Crippen molar-refractivity contribution in [3.8, 4) is 0 Å². The quantitative estimate of drug-likeness (QED) is 0.800. The summed E-state index contributed by atoms with van der Waals surface area (Å²) in [7, 11) is 0. The molecule has 0 amide bonds. The SMILES string of the molecule is C[C@@]1(c2ccccc2)N[C@H](C(=O)O)CS1. The van der Waals surface area contributed by atoms with Crippen molar-refractivity contribution in [1.29, 1.82) is 0 Å². The molecule has 0 unspecified atom stereocenters. The molecule has 1 aliphatic heterocycles. The standard InChI is InChI=1S/C11H13NO2S/c1-11(8-5-3-2-4-6-8)12-9(7-15-11)10(13)14/h2-6,9,12H,7H2,1H3,(H,13,14)/t9-,11+/m0/s1. The number of benzene rings is 1. The van der Waals surface area contributed by atoms with Crippen LogP contribution in [0.3, 0.4) is 0 Å². The third kappa shape index (κ3) is 2.01. The van der Waals surface area contributed by atoms with Crippen molar-refractivity contribution in [3.05, 3.63) is 35.9 Å². The first kappa shape index (κ1) is 10.5. The van der Waals surface area contributed by atoms with E-state index in [1.807, 2.05) is 37.3 Å². The summed E-state index contributed by atoms with van der Waals surface area (Å²) >= 11 is 1.64. The number of aliphatic carboxylic acids is 1. The van der Waals surface area contributed by atoms with Crippen LogP contribution in [0.5, 0.6) is 0 Å². The molecule has 1 aromatic carbocycles. The first-order chi connectivity index (χ1) is 7.12. The van der Waals surface area contributed by atoms with Crippen molar-refractivity contribution in [2.24, 2.45) is 0 Å². The minimum absolute atomic E-state index is 0.273. The maximum atomic E-state index is 10.8. The highest BCUT2D eigenvalue weighted by molar-refractivity contribution is 8.00. The van der Waals surface area contributed by atoms with Gasteiger partial charge in [-0.1, -0.05) is 30.3 Å². The summed E-state index contributed by atoms with van der Waals surface area (Å²) in [5.74, 6) is -0.164. The van der Waals surface area contributed by atoms with Crippen LogP contribution < -0.4 is 5.32 Å². The number of thioether (sulfide) groups is 1. The minimum atomic E-state index is -0.776. The monoisotopic (exact) mass is 223 g/mol. The van der Waals surface area contributed by atoms with Crippen LogP contribution in [0, 0.1) is 0 Å². The fourth-order valence-corrected chi connectivity index (χ4v) is 2.98. The highest BCUT2D eigenvalue weighted by Crippen LogP contribution is 2.38. The van der Waals surface area contributed by atoms with Gasteiger partial charge in [0.1, 0.15) is 6.04 Å². The van der Waals surface area contributed by atoms with Crippen molar-refractivity contribution in [1.82, 2.24) is 5.32 Å². The van der Waals surface area contributed by atoms with Crippen LogP contribution in [0.1, 0.15) is 12.5 Å². The molecule has 1 aliphatic rings. The van der Waals surface area contributed by atoms with E-state index < -0.39 is 12.0 Å². The summed E-state index contributed by atoms with van der Waals surface area (Å²) in [6, 6.07) is 9.49. The molecule has 2 N–H and O–H groups in total. The highest BCUT2D eigenvalue weighted by Gasteiger charge is 2.39. The second-order valence-electron chi connectivity index (χ2n) is 3.75. The Kier molecular flexibility index (Phi) is 2.71. The normalized spacial score (nSPS) is 30.3. The fraction of sp³-hybridized carbons (Fsp3) is 0.364. The molecule has 0 aromatic heterocycles. The van der Waals surface area contributed by atoms with Crippen LogP contribution >= 0.6 is 11.8 Å². The lowest BCUT2D eigenvalue weighted by Gasteiger charge is -2.24. The molecule has 0 bridgehead atoms. The molecule has 2 atom stereocenters.